The molecule has 0 aromatic heterocycles. The number of aliphatic hydroxyl groups is 1. The molecule has 3 heteroatoms. The van der Waals surface area contributed by atoms with Gasteiger partial charge in [-0.15, -0.1) is 0 Å². The van der Waals surface area contributed by atoms with Crippen molar-refractivity contribution in [2.75, 3.05) is 0 Å². The number of aryl methyl sites for hydroxylation is 1. The van der Waals surface area contributed by atoms with Crippen molar-refractivity contribution in [3.05, 3.63) is 71.0 Å². The molecule has 21 heavy (non-hydrogen) atoms. The highest BCUT2D eigenvalue weighted by molar-refractivity contribution is 5.35. The van der Waals surface area contributed by atoms with Crippen LogP contribution in [0.1, 0.15) is 29.2 Å². The summed E-state index contributed by atoms with van der Waals surface area (Å²) in [5.74, 6) is -0.342. The monoisotopic (exact) mass is 281 g/mol. The average Bonchev–Trinajstić information content (AvgIpc) is 2.54. The fourth-order valence-electron chi connectivity index (χ4n) is 3.11. The summed E-state index contributed by atoms with van der Waals surface area (Å²) in [6.45, 7) is 0. The summed E-state index contributed by atoms with van der Waals surface area (Å²) in [6, 6.07) is 16.1. The van der Waals surface area contributed by atoms with Gasteiger partial charge in [0.25, 0.3) is 0 Å². The van der Waals surface area contributed by atoms with Gasteiger partial charge in [-0.2, -0.15) is 5.26 Å². The lowest BCUT2D eigenvalue weighted by molar-refractivity contribution is 0.0525. The molecule has 1 aliphatic rings. The SMILES string of the molecule is N#CC1(C(O)c2ccc(F)cc2)CCc2ccccc2C1. The highest BCUT2D eigenvalue weighted by atomic mass is 19.1. The molecule has 106 valence electrons. The van der Waals surface area contributed by atoms with Gasteiger partial charge in [-0.05, 0) is 48.1 Å². The van der Waals surface area contributed by atoms with Gasteiger partial charge in [0.15, 0.2) is 0 Å². The lowest BCUT2D eigenvalue weighted by atomic mass is 9.67. The molecule has 2 unspecified atom stereocenters. The van der Waals surface area contributed by atoms with E-state index in [0.717, 1.165) is 12.0 Å². The number of nitrogens with zero attached hydrogens (tertiary/aromatic N) is 1. The summed E-state index contributed by atoms with van der Waals surface area (Å²) >= 11 is 0. The molecule has 2 atom stereocenters. The van der Waals surface area contributed by atoms with E-state index in [1.807, 2.05) is 18.2 Å². The molecule has 0 heterocycles. The van der Waals surface area contributed by atoms with Gasteiger partial charge in [-0.1, -0.05) is 36.4 Å². The number of fused-ring (bicyclic) bond motifs is 1. The third kappa shape index (κ3) is 2.43. The summed E-state index contributed by atoms with van der Waals surface area (Å²) in [5.41, 5.74) is 2.12. The molecule has 1 aliphatic carbocycles. The van der Waals surface area contributed by atoms with Crippen LogP contribution in [-0.2, 0) is 12.8 Å². The second-order valence-corrected chi connectivity index (χ2v) is 5.67. The van der Waals surface area contributed by atoms with Crippen molar-refractivity contribution in [3.63, 3.8) is 0 Å². The van der Waals surface area contributed by atoms with Gasteiger partial charge in [-0.3, -0.25) is 0 Å². The van der Waals surface area contributed by atoms with Gasteiger partial charge >= 0.3 is 0 Å². The lowest BCUT2D eigenvalue weighted by Crippen LogP contribution is -2.34. The predicted molar refractivity (Wildman–Crippen MR) is 77.9 cm³/mol. The third-order valence-corrected chi connectivity index (χ3v) is 4.40. The maximum atomic E-state index is 13.0. The molecule has 0 saturated heterocycles. The number of hydrogen-bond donors (Lipinski definition) is 1. The summed E-state index contributed by atoms with van der Waals surface area (Å²) in [7, 11) is 0. The first-order valence-electron chi connectivity index (χ1n) is 7.06. The Morgan fingerprint density at radius 1 is 1.10 bits per heavy atom. The summed E-state index contributed by atoms with van der Waals surface area (Å²) < 4.78 is 13.0. The highest BCUT2D eigenvalue weighted by Gasteiger charge is 2.41. The second kappa shape index (κ2) is 5.31. The lowest BCUT2D eigenvalue weighted by Gasteiger charge is -2.36. The van der Waals surface area contributed by atoms with Crippen molar-refractivity contribution in [3.8, 4) is 6.07 Å². The first-order valence-corrected chi connectivity index (χ1v) is 7.06. The van der Waals surface area contributed by atoms with Gasteiger partial charge in [0, 0.05) is 0 Å². The van der Waals surface area contributed by atoms with Gasteiger partial charge in [-0.25, -0.2) is 4.39 Å². The zero-order valence-electron chi connectivity index (χ0n) is 11.6. The van der Waals surface area contributed by atoms with Crippen molar-refractivity contribution in [2.45, 2.75) is 25.4 Å². The maximum Gasteiger partial charge on any atom is 0.123 e. The van der Waals surface area contributed by atoms with Crippen molar-refractivity contribution >= 4 is 0 Å². The highest BCUT2D eigenvalue weighted by Crippen LogP contribution is 2.44. The Morgan fingerprint density at radius 2 is 1.76 bits per heavy atom. The first kappa shape index (κ1) is 13.8. The van der Waals surface area contributed by atoms with Crippen LogP contribution in [0.4, 0.5) is 4.39 Å². The maximum absolute atomic E-state index is 13.0. The molecule has 0 amide bonds. The summed E-state index contributed by atoms with van der Waals surface area (Å²) in [6.07, 6.45) is 1.01. The van der Waals surface area contributed by atoms with E-state index in [9.17, 15) is 14.8 Å². The molecule has 1 N–H and O–H groups in total. The normalized spacial score (nSPS) is 22.1. The Balaban J connectivity index is 1.95. The molecule has 2 aromatic carbocycles. The Hall–Kier alpha value is -2.18. The number of benzene rings is 2. The fraction of sp³-hybridized carbons (Fsp3) is 0.278. The van der Waals surface area contributed by atoms with Crippen LogP contribution in [0.25, 0.3) is 0 Å². The molecule has 0 bridgehead atoms. The molecule has 0 radical (unpaired) electrons. The molecular formula is C18H16FNO. The van der Waals surface area contributed by atoms with Crippen LogP contribution in [0.2, 0.25) is 0 Å². The van der Waals surface area contributed by atoms with Crippen molar-refractivity contribution in [1.29, 1.82) is 5.26 Å². The molecular weight excluding hydrogens is 265 g/mol. The quantitative estimate of drug-likeness (QED) is 0.914. The van der Waals surface area contributed by atoms with Gasteiger partial charge in [0.1, 0.15) is 5.82 Å². The molecule has 3 rings (SSSR count). The third-order valence-electron chi connectivity index (χ3n) is 4.40. The smallest absolute Gasteiger partial charge is 0.123 e. The van der Waals surface area contributed by atoms with Gasteiger partial charge in [0.2, 0.25) is 0 Å². The first-order chi connectivity index (χ1) is 10.1. The van der Waals surface area contributed by atoms with E-state index in [1.54, 1.807) is 12.1 Å². The van der Waals surface area contributed by atoms with Crippen LogP contribution in [-0.4, -0.2) is 5.11 Å². The second-order valence-electron chi connectivity index (χ2n) is 5.67. The number of aliphatic hydroxyl groups excluding tert-OH is 1. The van der Waals surface area contributed by atoms with Gasteiger partial charge < -0.3 is 5.11 Å². The van der Waals surface area contributed by atoms with Crippen LogP contribution >= 0.6 is 0 Å². The minimum atomic E-state index is -0.906. The summed E-state index contributed by atoms with van der Waals surface area (Å²) in [4.78, 5) is 0. The predicted octanol–water partition coefficient (Wildman–Crippen LogP) is 3.56. The topological polar surface area (TPSA) is 44.0 Å². The van der Waals surface area contributed by atoms with E-state index in [4.69, 9.17) is 0 Å². The van der Waals surface area contributed by atoms with E-state index in [-0.39, 0.29) is 5.82 Å². The van der Waals surface area contributed by atoms with Crippen molar-refractivity contribution in [2.24, 2.45) is 5.41 Å². The van der Waals surface area contributed by atoms with Crippen LogP contribution in [0.5, 0.6) is 0 Å². The van der Waals surface area contributed by atoms with E-state index in [1.165, 1.54) is 17.7 Å². The van der Waals surface area contributed by atoms with E-state index in [0.29, 0.717) is 18.4 Å². The standard InChI is InChI=1S/C18H16FNO/c19-16-7-5-14(6-8-16)17(21)18(12-20)10-9-13-3-1-2-4-15(13)11-18/h1-8,17,21H,9-11H2. The van der Waals surface area contributed by atoms with Crippen molar-refractivity contribution in [1.82, 2.24) is 0 Å². The Kier molecular flexibility index (Phi) is 3.48. The largest absolute Gasteiger partial charge is 0.387 e. The minimum Gasteiger partial charge on any atom is -0.387 e. The van der Waals surface area contributed by atoms with Crippen LogP contribution < -0.4 is 0 Å². The Morgan fingerprint density at radius 3 is 2.43 bits per heavy atom. The number of hydrogen-bond acceptors (Lipinski definition) is 2. The molecule has 2 nitrogen and oxygen atoms in total. The molecule has 2 aromatic rings. The fourth-order valence-corrected chi connectivity index (χ4v) is 3.11. The van der Waals surface area contributed by atoms with Crippen molar-refractivity contribution < 1.29 is 9.50 Å². The summed E-state index contributed by atoms with van der Waals surface area (Å²) in [5, 5.41) is 20.3. The Labute approximate surface area is 123 Å². The van der Waals surface area contributed by atoms with E-state index >= 15 is 0 Å². The van der Waals surface area contributed by atoms with E-state index < -0.39 is 11.5 Å². The minimum absolute atomic E-state index is 0.342. The van der Waals surface area contributed by atoms with Crippen LogP contribution in [0.15, 0.2) is 48.5 Å². The number of nitriles is 1. The van der Waals surface area contributed by atoms with Crippen LogP contribution in [0.3, 0.4) is 0 Å². The zero-order valence-corrected chi connectivity index (χ0v) is 11.6. The number of halogens is 1. The molecule has 0 fully saturated rings. The Bertz CT molecular complexity index is 689. The van der Waals surface area contributed by atoms with Crippen LogP contribution in [0, 0.1) is 22.6 Å². The molecule has 0 spiro atoms. The zero-order chi connectivity index (χ0) is 14.9. The molecule has 0 saturated carbocycles. The van der Waals surface area contributed by atoms with E-state index in [2.05, 4.69) is 12.1 Å². The number of rotatable bonds is 2. The molecule has 0 aliphatic heterocycles. The van der Waals surface area contributed by atoms with Gasteiger partial charge in [0.05, 0.1) is 17.6 Å². The average molecular weight is 281 g/mol.